The lowest BCUT2D eigenvalue weighted by Gasteiger charge is -2.28. The van der Waals surface area contributed by atoms with Gasteiger partial charge in [-0.25, -0.2) is 13.6 Å². The van der Waals surface area contributed by atoms with Gasteiger partial charge in [0.2, 0.25) is 0 Å². The van der Waals surface area contributed by atoms with E-state index in [0.29, 0.717) is 28.1 Å². The number of ether oxygens (including phenoxy) is 1. The summed E-state index contributed by atoms with van der Waals surface area (Å²) in [5.41, 5.74) is 1.88. The second kappa shape index (κ2) is 13.6. The minimum Gasteiger partial charge on any atom is -0.507 e. The number of benzene rings is 3. The van der Waals surface area contributed by atoms with Gasteiger partial charge in [-0.2, -0.15) is 0 Å². The number of pyridine rings is 1. The van der Waals surface area contributed by atoms with Crippen molar-refractivity contribution in [2.24, 2.45) is 0 Å². The van der Waals surface area contributed by atoms with Gasteiger partial charge in [0.1, 0.15) is 23.1 Å². The average molecular weight is 631 g/mol. The molecule has 0 spiro atoms. The second-order valence-corrected chi connectivity index (χ2v) is 13.1. The molecule has 0 saturated heterocycles. The molecule has 0 fully saturated rings. The lowest BCUT2D eigenvalue weighted by Crippen LogP contribution is -2.35. The first-order valence-electron chi connectivity index (χ1n) is 14.8. The molecule has 10 heteroatoms. The predicted molar refractivity (Wildman–Crippen MR) is 175 cm³/mol. The molecule has 3 amide bonds. The van der Waals surface area contributed by atoms with E-state index in [1.807, 2.05) is 41.5 Å². The van der Waals surface area contributed by atoms with E-state index in [-0.39, 0.29) is 35.8 Å². The Hall–Kier alpha value is -4.99. The van der Waals surface area contributed by atoms with Crippen molar-refractivity contribution in [3.63, 3.8) is 0 Å². The van der Waals surface area contributed by atoms with Crippen molar-refractivity contribution in [1.29, 1.82) is 0 Å². The summed E-state index contributed by atoms with van der Waals surface area (Å²) in [7, 11) is 1.48. The molecule has 0 bridgehead atoms. The lowest BCUT2D eigenvalue weighted by molar-refractivity contribution is 0.102. The summed E-state index contributed by atoms with van der Waals surface area (Å²) in [6, 6.07) is 16.0. The summed E-state index contributed by atoms with van der Waals surface area (Å²) >= 11 is 0. The van der Waals surface area contributed by atoms with Crippen LogP contribution in [0, 0.1) is 11.6 Å². The number of phenolic OH excluding ortho intramolecular Hbond substituents is 1. The summed E-state index contributed by atoms with van der Waals surface area (Å²) in [6.07, 6.45) is 1.58. The van der Waals surface area contributed by atoms with Crippen LogP contribution in [0.15, 0.2) is 72.9 Å². The number of halogens is 2. The van der Waals surface area contributed by atoms with E-state index in [9.17, 15) is 23.5 Å². The Morgan fingerprint density at radius 1 is 0.848 bits per heavy atom. The number of phenols is 1. The number of nitrogens with one attached hydrogen (secondary N) is 2. The van der Waals surface area contributed by atoms with Gasteiger partial charge in [0.25, 0.3) is 5.91 Å². The Morgan fingerprint density at radius 3 is 2.09 bits per heavy atom. The number of amides is 3. The van der Waals surface area contributed by atoms with Crippen molar-refractivity contribution in [2.45, 2.75) is 65.5 Å². The molecule has 1 aromatic heterocycles. The largest absolute Gasteiger partial charge is 0.507 e. The van der Waals surface area contributed by atoms with Crippen LogP contribution in [-0.4, -0.2) is 34.0 Å². The molecular formula is C36H40F2N4O4. The van der Waals surface area contributed by atoms with Gasteiger partial charge in [-0.1, -0.05) is 53.7 Å². The highest BCUT2D eigenvalue weighted by atomic mass is 19.1. The number of anilines is 2. The lowest BCUT2D eigenvalue weighted by atomic mass is 9.78. The van der Waals surface area contributed by atoms with Crippen LogP contribution in [0.1, 0.15) is 74.3 Å². The van der Waals surface area contributed by atoms with Crippen LogP contribution >= 0.6 is 0 Å². The first-order valence-corrected chi connectivity index (χ1v) is 14.8. The molecule has 3 aromatic carbocycles. The number of urea groups is 1. The normalized spacial score (nSPS) is 11.6. The smallest absolute Gasteiger partial charge is 0.322 e. The fourth-order valence-corrected chi connectivity index (χ4v) is 4.90. The highest BCUT2D eigenvalue weighted by Crippen LogP contribution is 2.40. The van der Waals surface area contributed by atoms with Crippen molar-refractivity contribution in [1.82, 2.24) is 9.88 Å². The van der Waals surface area contributed by atoms with E-state index in [1.165, 1.54) is 18.1 Å². The number of hydrogen-bond donors (Lipinski definition) is 3. The van der Waals surface area contributed by atoms with E-state index in [1.54, 1.807) is 54.7 Å². The standard InChI is InChI=1S/C36H40F2N4O4/c1-35(2,3)27-16-23(17-28(32(27)43)36(4,5)6)33(44)40-31-19-26(46-7)13-14-30(31)41-34(45)42(21-25-10-8-9-15-39-25)20-22-11-12-24(37)18-29(22)38/h8-19,43H,20-21H2,1-7H3,(H,40,44)(H,41,45). The van der Waals surface area contributed by atoms with E-state index < -0.39 is 34.4 Å². The van der Waals surface area contributed by atoms with Gasteiger partial charge in [-0.3, -0.25) is 9.78 Å². The van der Waals surface area contributed by atoms with E-state index in [4.69, 9.17) is 4.74 Å². The molecule has 1 heterocycles. The molecule has 0 aliphatic rings. The Bertz CT molecular complexity index is 1700. The van der Waals surface area contributed by atoms with Gasteiger partial charge in [0.05, 0.1) is 37.3 Å². The van der Waals surface area contributed by atoms with E-state index in [0.717, 1.165) is 12.1 Å². The van der Waals surface area contributed by atoms with Crippen LogP contribution in [0.5, 0.6) is 11.5 Å². The number of carbonyl (C=O) groups excluding carboxylic acids is 2. The van der Waals surface area contributed by atoms with Crippen LogP contribution in [-0.2, 0) is 23.9 Å². The third-order valence-electron chi connectivity index (χ3n) is 7.45. The highest BCUT2D eigenvalue weighted by Gasteiger charge is 2.28. The Labute approximate surface area is 268 Å². The summed E-state index contributed by atoms with van der Waals surface area (Å²) in [5.74, 6) is -1.38. The summed E-state index contributed by atoms with van der Waals surface area (Å²) in [6.45, 7) is 11.6. The van der Waals surface area contributed by atoms with Crippen molar-refractivity contribution in [2.75, 3.05) is 17.7 Å². The minimum absolute atomic E-state index is 0.0278. The minimum atomic E-state index is -0.783. The topological polar surface area (TPSA) is 104 Å². The first kappa shape index (κ1) is 33.9. The Morgan fingerprint density at radius 2 is 1.52 bits per heavy atom. The zero-order chi connectivity index (χ0) is 33.8. The van der Waals surface area contributed by atoms with Crippen molar-refractivity contribution >= 4 is 23.3 Å². The van der Waals surface area contributed by atoms with Gasteiger partial charge >= 0.3 is 6.03 Å². The summed E-state index contributed by atoms with van der Waals surface area (Å²) in [4.78, 5) is 33.1. The maximum Gasteiger partial charge on any atom is 0.322 e. The fraction of sp³-hybridized carbons (Fsp3) is 0.306. The zero-order valence-electron chi connectivity index (χ0n) is 27.2. The quantitative estimate of drug-likeness (QED) is 0.182. The van der Waals surface area contributed by atoms with Crippen LogP contribution in [0.25, 0.3) is 0 Å². The summed E-state index contributed by atoms with van der Waals surface area (Å²) < 4.78 is 33.6. The Balaban J connectivity index is 1.68. The van der Waals surface area contributed by atoms with Gasteiger partial charge in [-0.05, 0) is 53.3 Å². The van der Waals surface area contributed by atoms with Gasteiger partial charge in [0.15, 0.2) is 0 Å². The van der Waals surface area contributed by atoms with E-state index >= 15 is 0 Å². The third kappa shape index (κ3) is 8.18. The number of methoxy groups -OCH3 is 1. The first-order chi connectivity index (χ1) is 21.6. The van der Waals surface area contributed by atoms with Crippen LogP contribution in [0.4, 0.5) is 25.0 Å². The molecule has 0 aliphatic carbocycles. The number of aromatic nitrogens is 1. The SMILES string of the molecule is COc1ccc(NC(=O)N(Cc2ccccn2)Cc2ccc(F)cc2F)c(NC(=O)c2cc(C(C)(C)C)c(O)c(C(C)(C)C)c2)c1. The monoisotopic (exact) mass is 630 g/mol. The molecule has 0 atom stereocenters. The molecular weight excluding hydrogens is 590 g/mol. The summed E-state index contributed by atoms with van der Waals surface area (Å²) in [5, 5.41) is 16.8. The highest BCUT2D eigenvalue weighted by molar-refractivity contribution is 6.07. The molecule has 3 N–H and O–H groups in total. The second-order valence-electron chi connectivity index (χ2n) is 13.1. The van der Waals surface area contributed by atoms with Crippen molar-refractivity contribution < 1.29 is 28.2 Å². The number of nitrogens with zero attached hydrogens (tertiary/aromatic N) is 2. The van der Waals surface area contributed by atoms with Crippen LogP contribution < -0.4 is 15.4 Å². The average Bonchev–Trinajstić information content (AvgIpc) is 2.98. The van der Waals surface area contributed by atoms with Gasteiger partial charge in [-0.15, -0.1) is 0 Å². The van der Waals surface area contributed by atoms with Crippen LogP contribution in [0.2, 0.25) is 0 Å². The molecule has 242 valence electrons. The molecule has 46 heavy (non-hydrogen) atoms. The number of hydrogen-bond acceptors (Lipinski definition) is 5. The molecule has 0 aliphatic heterocycles. The molecule has 4 aromatic rings. The molecule has 8 nitrogen and oxygen atoms in total. The van der Waals surface area contributed by atoms with Gasteiger partial charge in [0, 0.05) is 40.6 Å². The fourth-order valence-electron chi connectivity index (χ4n) is 4.90. The Kier molecular flexibility index (Phi) is 9.99. The van der Waals surface area contributed by atoms with Crippen LogP contribution in [0.3, 0.4) is 0 Å². The molecule has 0 saturated carbocycles. The third-order valence-corrected chi connectivity index (χ3v) is 7.45. The predicted octanol–water partition coefficient (Wildman–Crippen LogP) is 8.16. The maximum absolute atomic E-state index is 14.6. The van der Waals surface area contributed by atoms with Crippen molar-refractivity contribution in [3.05, 3.63) is 113 Å². The van der Waals surface area contributed by atoms with E-state index in [2.05, 4.69) is 15.6 Å². The maximum atomic E-state index is 14.6. The molecule has 0 unspecified atom stereocenters. The number of rotatable bonds is 8. The van der Waals surface area contributed by atoms with Crippen molar-refractivity contribution in [3.8, 4) is 11.5 Å². The number of carbonyl (C=O) groups is 2. The molecule has 0 radical (unpaired) electrons. The number of aromatic hydroxyl groups is 1. The zero-order valence-corrected chi connectivity index (χ0v) is 27.2. The molecule has 4 rings (SSSR count). The van der Waals surface area contributed by atoms with Gasteiger partial charge < -0.3 is 25.4 Å².